The van der Waals surface area contributed by atoms with E-state index in [-0.39, 0.29) is 18.5 Å². The normalized spacial score (nSPS) is 23.9. The molecule has 1 aromatic carbocycles. The van der Waals surface area contributed by atoms with E-state index in [1.54, 1.807) is 18.9 Å². The summed E-state index contributed by atoms with van der Waals surface area (Å²) in [5.74, 6) is -1.21. The number of hydrogen-bond acceptors (Lipinski definition) is 4. The van der Waals surface area contributed by atoms with Crippen molar-refractivity contribution in [1.82, 2.24) is 20.4 Å². The Labute approximate surface area is 151 Å². The van der Waals surface area contributed by atoms with E-state index in [4.69, 9.17) is 0 Å². The summed E-state index contributed by atoms with van der Waals surface area (Å²) in [4.78, 5) is 40.3. The summed E-state index contributed by atoms with van der Waals surface area (Å²) in [6.07, 6.45) is 1.69. The number of urea groups is 1. The van der Waals surface area contributed by atoms with Gasteiger partial charge in [-0.25, -0.2) is 9.18 Å². The molecule has 26 heavy (non-hydrogen) atoms. The zero-order chi connectivity index (χ0) is 18.9. The van der Waals surface area contributed by atoms with Crippen LogP contribution >= 0.6 is 0 Å². The minimum absolute atomic E-state index is 0.105. The topological polar surface area (TPSA) is 81.8 Å². The number of nitrogens with one attached hydrogen (secondary N) is 2. The predicted molar refractivity (Wildman–Crippen MR) is 92.7 cm³/mol. The van der Waals surface area contributed by atoms with Gasteiger partial charge in [0, 0.05) is 13.1 Å². The molecule has 140 valence electrons. The SMILES string of the molecule is CN(C(=O)CN1C(=O)NC(C)(c2ccc(F)cc2)C1=O)C1CCNCC1. The van der Waals surface area contributed by atoms with Gasteiger partial charge in [0.15, 0.2) is 0 Å². The molecule has 8 heteroatoms. The Hall–Kier alpha value is -2.48. The highest BCUT2D eigenvalue weighted by molar-refractivity contribution is 6.09. The summed E-state index contributed by atoms with van der Waals surface area (Å²) in [7, 11) is 1.70. The summed E-state index contributed by atoms with van der Waals surface area (Å²) in [6, 6.07) is 4.87. The average molecular weight is 362 g/mol. The van der Waals surface area contributed by atoms with Crippen molar-refractivity contribution in [1.29, 1.82) is 0 Å². The Morgan fingerprint density at radius 2 is 1.88 bits per heavy atom. The molecule has 2 fully saturated rings. The lowest BCUT2D eigenvalue weighted by molar-refractivity contribution is -0.139. The molecule has 0 saturated carbocycles. The predicted octanol–water partition coefficient (Wildman–Crippen LogP) is 0.803. The van der Waals surface area contributed by atoms with Crippen molar-refractivity contribution >= 4 is 17.8 Å². The van der Waals surface area contributed by atoms with Gasteiger partial charge in [0.25, 0.3) is 5.91 Å². The van der Waals surface area contributed by atoms with Crippen molar-refractivity contribution in [3.05, 3.63) is 35.6 Å². The lowest BCUT2D eigenvalue weighted by Crippen LogP contribution is -2.48. The second kappa shape index (κ2) is 7.03. The van der Waals surface area contributed by atoms with Gasteiger partial charge in [0.05, 0.1) is 0 Å². The van der Waals surface area contributed by atoms with E-state index < -0.39 is 23.3 Å². The second-order valence-electron chi connectivity index (χ2n) is 6.94. The first kappa shape index (κ1) is 18.3. The molecule has 0 radical (unpaired) electrons. The molecule has 1 atom stereocenters. The fourth-order valence-electron chi connectivity index (χ4n) is 3.46. The Kier molecular flexibility index (Phi) is 4.95. The number of carbonyl (C=O) groups excluding carboxylic acids is 3. The van der Waals surface area contributed by atoms with E-state index in [1.807, 2.05) is 0 Å². The number of carbonyl (C=O) groups is 3. The van der Waals surface area contributed by atoms with Gasteiger partial charge >= 0.3 is 6.03 Å². The van der Waals surface area contributed by atoms with Gasteiger partial charge in [-0.2, -0.15) is 0 Å². The van der Waals surface area contributed by atoms with Crippen LogP contribution in [0.1, 0.15) is 25.3 Å². The molecule has 4 amide bonds. The number of benzene rings is 1. The van der Waals surface area contributed by atoms with Crippen LogP contribution in [0.25, 0.3) is 0 Å². The number of hydrogen-bond donors (Lipinski definition) is 2. The maximum atomic E-state index is 13.1. The van der Waals surface area contributed by atoms with Crippen LogP contribution in [0.3, 0.4) is 0 Å². The first-order valence-electron chi connectivity index (χ1n) is 8.69. The molecule has 1 aromatic rings. The highest BCUT2D eigenvalue weighted by atomic mass is 19.1. The molecule has 2 N–H and O–H groups in total. The van der Waals surface area contributed by atoms with Crippen molar-refractivity contribution in [3.8, 4) is 0 Å². The molecular weight excluding hydrogens is 339 g/mol. The molecule has 7 nitrogen and oxygen atoms in total. The third kappa shape index (κ3) is 3.29. The van der Waals surface area contributed by atoms with Crippen LogP contribution in [0.4, 0.5) is 9.18 Å². The zero-order valence-corrected chi connectivity index (χ0v) is 14.9. The van der Waals surface area contributed by atoms with Crippen molar-refractivity contribution in [2.45, 2.75) is 31.3 Å². The van der Waals surface area contributed by atoms with E-state index >= 15 is 0 Å². The molecule has 2 saturated heterocycles. The monoisotopic (exact) mass is 362 g/mol. The van der Waals surface area contributed by atoms with Gasteiger partial charge in [0.2, 0.25) is 5.91 Å². The third-order valence-electron chi connectivity index (χ3n) is 5.24. The standard InChI is InChI=1S/C18H23FN4O3/c1-18(12-3-5-13(19)6-4-12)16(25)23(17(26)21-18)11-15(24)22(2)14-7-9-20-10-8-14/h3-6,14,20H,7-11H2,1-2H3,(H,21,26). The van der Waals surface area contributed by atoms with Gasteiger partial charge in [-0.1, -0.05) is 12.1 Å². The molecule has 0 spiro atoms. The quantitative estimate of drug-likeness (QED) is 0.777. The molecule has 2 aliphatic heterocycles. The summed E-state index contributed by atoms with van der Waals surface area (Å²) in [6.45, 7) is 2.94. The average Bonchev–Trinajstić information content (AvgIpc) is 2.86. The van der Waals surface area contributed by atoms with Gasteiger partial charge in [0.1, 0.15) is 17.9 Å². The molecule has 0 bridgehead atoms. The lowest BCUT2D eigenvalue weighted by atomic mass is 9.92. The number of piperidine rings is 1. The van der Waals surface area contributed by atoms with Gasteiger partial charge in [-0.15, -0.1) is 0 Å². The molecule has 2 aliphatic rings. The molecule has 0 aromatic heterocycles. The maximum absolute atomic E-state index is 13.1. The Balaban J connectivity index is 1.72. The van der Waals surface area contributed by atoms with Crippen LogP contribution < -0.4 is 10.6 Å². The fraction of sp³-hybridized carbons (Fsp3) is 0.500. The lowest BCUT2D eigenvalue weighted by Gasteiger charge is -2.32. The largest absolute Gasteiger partial charge is 0.341 e. The number of rotatable bonds is 4. The Morgan fingerprint density at radius 3 is 2.50 bits per heavy atom. The number of likely N-dealkylation sites (N-methyl/N-ethyl adjacent to an activating group) is 1. The molecule has 1 unspecified atom stereocenters. The van der Waals surface area contributed by atoms with Crippen LogP contribution in [-0.4, -0.2) is 60.4 Å². The second-order valence-corrected chi connectivity index (χ2v) is 6.94. The Morgan fingerprint density at radius 1 is 1.27 bits per heavy atom. The van der Waals surface area contributed by atoms with E-state index in [0.29, 0.717) is 5.56 Å². The van der Waals surface area contributed by atoms with Gasteiger partial charge in [-0.05, 0) is 50.6 Å². The van der Waals surface area contributed by atoms with Crippen molar-refractivity contribution in [2.75, 3.05) is 26.7 Å². The third-order valence-corrected chi connectivity index (χ3v) is 5.24. The van der Waals surface area contributed by atoms with Crippen LogP contribution in [0.5, 0.6) is 0 Å². The highest BCUT2D eigenvalue weighted by Gasteiger charge is 2.49. The number of nitrogens with zero attached hydrogens (tertiary/aromatic N) is 2. The fourth-order valence-corrected chi connectivity index (χ4v) is 3.46. The van der Waals surface area contributed by atoms with Crippen molar-refractivity contribution in [2.24, 2.45) is 0 Å². The Bertz CT molecular complexity index is 718. The first-order chi connectivity index (χ1) is 12.3. The van der Waals surface area contributed by atoms with Crippen LogP contribution in [0.2, 0.25) is 0 Å². The summed E-state index contributed by atoms with van der Waals surface area (Å²) < 4.78 is 13.1. The number of imide groups is 1. The zero-order valence-electron chi connectivity index (χ0n) is 14.9. The van der Waals surface area contributed by atoms with E-state index in [2.05, 4.69) is 10.6 Å². The number of amides is 4. The van der Waals surface area contributed by atoms with Gasteiger partial charge in [-0.3, -0.25) is 14.5 Å². The van der Waals surface area contributed by atoms with Crippen LogP contribution in [0.15, 0.2) is 24.3 Å². The van der Waals surface area contributed by atoms with Gasteiger partial charge < -0.3 is 15.5 Å². The molecule has 2 heterocycles. The van der Waals surface area contributed by atoms with Crippen molar-refractivity contribution in [3.63, 3.8) is 0 Å². The summed E-state index contributed by atoms with van der Waals surface area (Å²) >= 11 is 0. The van der Waals surface area contributed by atoms with E-state index in [1.165, 1.54) is 24.3 Å². The van der Waals surface area contributed by atoms with Crippen molar-refractivity contribution < 1.29 is 18.8 Å². The highest BCUT2D eigenvalue weighted by Crippen LogP contribution is 2.29. The molecular formula is C18H23FN4O3. The van der Waals surface area contributed by atoms with E-state index in [9.17, 15) is 18.8 Å². The van der Waals surface area contributed by atoms with Crippen LogP contribution in [0, 0.1) is 5.82 Å². The molecule has 3 rings (SSSR count). The summed E-state index contributed by atoms with van der Waals surface area (Å²) in [5.41, 5.74) is -0.836. The minimum atomic E-state index is -1.31. The first-order valence-corrected chi connectivity index (χ1v) is 8.69. The van der Waals surface area contributed by atoms with E-state index in [0.717, 1.165) is 30.8 Å². The van der Waals surface area contributed by atoms with Crippen LogP contribution in [-0.2, 0) is 15.1 Å². The smallest absolute Gasteiger partial charge is 0.325 e. The molecule has 0 aliphatic carbocycles. The maximum Gasteiger partial charge on any atom is 0.325 e. The summed E-state index contributed by atoms with van der Waals surface area (Å²) in [5, 5.41) is 5.86. The minimum Gasteiger partial charge on any atom is -0.341 e. The number of halogens is 1.